The van der Waals surface area contributed by atoms with Crippen LogP contribution in [0.4, 0.5) is 0 Å². The van der Waals surface area contributed by atoms with Crippen LogP contribution >= 0.6 is 0 Å². The van der Waals surface area contributed by atoms with Crippen molar-refractivity contribution in [2.45, 2.75) is 103 Å². The van der Waals surface area contributed by atoms with Crippen molar-refractivity contribution in [2.24, 2.45) is 4.99 Å². The van der Waals surface area contributed by atoms with E-state index in [1.165, 1.54) is 0 Å². The summed E-state index contributed by atoms with van der Waals surface area (Å²) in [6.07, 6.45) is 4.26. The number of nitrogens with zero attached hydrogens (tertiary/aromatic N) is 1. The van der Waals surface area contributed by atoms with E-state index >= 15 is 0 Å². The molecule has 1 saturated heterocycles. The van der Waals surface area contributed by atoms with E-state index in [-0.39, 0.29) is 24.3 Å². The summed E-state index contributed by atoms with van der Waals surface area (Å²) < 4.78 is 18.0. The first-order chi connectivity index (χ1) is 16.9. The van der Waals surface area contributed by atoms with Crippen molar-refractivity contribution in [2.75, 3.05) is 0 Å². The highest BCUT2D eigenvalue weighted by molar-refractivity contribution is 6.45. The van der Waals surface area contributed by atoms with Crippen LogP contribution in [0.15, 0.2) is 65.7 Å². The van der Waals surface area contributed by atoms with Gasteiger partial charge in [0.25, 0.3) is 0 Å². The molecular formula is C30H42BNO4. The molecule has 2 aromatic carbocycles. The molecule has 3 rings (SSSR count). The number of rotatable bonds is 10. The van der Waals surface area contributed by atoms with Crippen LogP contribution in [0, 0.1) is 0 Å². The second-order valence-electron chi connectivity index (χ2n) is 11.6. The van der Waals surface area contributed by atoms with E-state index < -0.39 is 11.6 Å². The molecule has 0 radical (unpaired) electrons. The fraction of sp³-hybridized carbons (Fsp3) is 0.533. The smallest absolute Gasteiger partial charge is 0.457 e. The zero-order valence-electron chi connectivity index (χ0n) is 23.0. The molecule has 0 saturated carbocycles. The molecule has 1 fully saturated rings. The standard InChI is InChI=1S/C30H42BNO4/c1-28(2,3)34-27(33)25(21-15-10-16-22-31-35-29(4,5)30(6,7)36-31)32-26(23-17-11-8-12-18-23)24-19-13-9-14-20-24/h8-9,11-14,17-20,25H,10,15-16,21-22H2,1-7H3. The number of hydrogen-bond donors (Lipinski definition) is 0. The Hall–Kier alpha value is -2.44. The predicted molar refractivity (Wildman–Crippen MR) is 148 cm³/mol. The number of aliphatic imine (C=N–C) groups is 1. The van der Waals surface area contributed by atoms with E-state index in [0.717, 1.165) is 42.4 Å². The quantitative estimate of drug-likeness (QED) is 0.157. The van der Waals surface area contributed by atoms with Gasteiger partial charge in [0.15, 0.2) is 0 Å². The normalized spacial score (nSPS) is 17.5. The Morgan fingerprint density at radius 2 is 1.36 bits per heavy atom. The SMILES string of the molecule is CC(C)(C)OC(=O)C(CCCCCB1OC(C)(C)C(C)(C)O1)N=C(c1ccccc1)c1ccccc1. The van der Waals surface area contributed by atoms with E-state index in [2.05, 4.69) is 27.7 Å². The average molecular weight is 491 g/mol. The molecule has 194 valence electrons. The van der Waals surface area contributed by atoms with Gasteiger partial charge in [0.2, 0.25) is 0 Å². The molecule has 1 aliphatic rings. The second kappa shape index (κ2) is 11.7. The average Bonchev–Trinajstić information content (AvgIpc) is 3.01. The first-order valence-electron chi connectivity index (χ1n) is 13.2. The summed E-state index contributed by atoms with van der Waals surface area (Å²) >= 11 is 0. The zero-order chi connectivity index (χ0) is 26.4. The third kappa shape index (κ3) is 7.78. The number of carbonyl (C=O) groups excluding carboxylic acids is 1. The van der Waals surface area contributed by atoms with E-state index in [1.54, 1.807) is 0 Å². The molecule has 0 aliphatic carbocycles. The van der Waals surface area contributed by atoms with Gasteiger partial charge in [-0.15, -0.1) is 0 Å². The molecule has 1 atom stereocenters. The molecule has 36 heavy (non-hydrogen) atoms. The maximum Gasteiger partial charge on any atom is 0.457 e. The Morgan fingerprint density at radius 3 is 1.83 bits per heavy atom. The van der Waals surface area contributed by atoms with Crippen molar-refractivity contribution in [1.29, 1.82) is 0 Å². The maximum atomic E-state index is 13.2. The van der Waals surface area contributed by atoms with Gasteiger partial charge in [-0.3, -0.25) is 4.99 Å². The van der Waals surface area contributed by atoms with Gasteiger partial charge in [0.1, 0.15) is 11.6 Å². The lowest BCUT2D eigenvalue weighted by molar-refractivity contribution is -0.156. The Labute approximate surface area is 217 Å². The van der Waals surface area contributed by atoms with Gasteiger partial charge in [-0.05, 0) is 61.2 Å². The maximum absolute atomic E-state index is 13.2. The van der Waals surface area contributed by atoms with Crippen molar-refractivity contribution in [1.82, 2.24) is 0 Å². The van der Waals surface area contributed by atoms with Crippen LogP contribution in [-0.2, 0) is 18.8 Å². The zero-order valence-corrected chi connectivity index (χ0v) is 23.0. The molecule has 5 nitrogen and oxygen atoms in total. The monoisotopic (exact) mass is 491 g/mol. The topological polar surface area (TPSA) is 57.1 Å². The van der Waals surface area contributed by atoms with Crippen LogP contribution in [-0.4, -0.2) is 41.6 Å². The van der Waals surface area contributed by atoms with Crippen LogP contribution in [0.5, 0.6) is 0 Å². The first-order valence-corrected chi connectivity index (χ1v) is 13.2. The van der Waals surface area contributed by atoms with Gasteiger partial charge < -0.3 is 14.0 Å². The minimum atomic E-state index is -0.573. The fourth-order valence-electron chi connectivity index (χ4n) is 4.18. The molecule has 0 amide bonds. The molecule has 2 aromatic rings. The molecule has 0 spiro atoms. The summed E-state index contributed by atoms with van der Waals surface area (Å²) in [5.74, 6) is -0.280. The molecule has 1 aliphatic heterocycles. The van der Waals surface area contributed by atoms with E-state index in [4.69, 9.17) is 19.0 Å². The summed E-state index contributed by atoms with van der Waals surface area (Å²) in [6.45, 7) is 14.0. The van der Waals surface area contributed by atoms with E-state index in [1.807, 2.05) is 81.4 Å². The Kier molecular flexibility index (Phi) is 9.18. The van der Waals surface area contributed by atoms with Crippen molar-refractivity contribution in [3.05, 3.63) is 71.8 Å². The van der Waals surface area contributed by atoms with E-state index in [9.17, 15) is 4.79 Å². The van der Waals surface area contributed by atoms with Gasteiger partial charge in [-0.2, -0.15) is 0 Å². The number of esters is 1. The number of carbonyl (C=O) groups is 1. The molecule has 0 bridgehead atoms. The van der Waals surface area contributed by atoms with Crippen molar-refractivity contribution < 1.29 is 18.8 Å². The van der Waals surface area contributed by atoms with Crippen molar-refractivity contribution in [3.8, 4) is 0 Å². The third-order valence-electron chi connectivity index (χ3n) is 6.78. The largest absolute Gasteiger partial charge is 0.458 e. The van der Waals surface area contributed by atoms with Crippen LogP contribution in [0.2, 0.25) is 6.32 Å². The minimum absolute atomic E-state index is 0.183. The Bertz CT molecular complexity index is 955. The van der Waals surface area contributed by atoms with Gasteiger partial charge in [0, 0.05) is 11.1 Å². The number of benzene rings is 2. The number of ether oxygens (including phenoxy) is 1. The summed E-state index contributed by atoms with van der Waals surface area (Å²) in [5, 5.41) is 0. The summed E-state index contributed by atoms with van der Waals surface area (Å²) in [5.41, 5.74) is 1.60. The van der Waals surface area contributed by atoms with Crippen LogP contribution < -0.4 is 0 Å². The van der Waals surface area contributed by atoms with Crippen LogP contribution in [0.25, 0.3) is 0 Å². The highest BCUT2D eigenvalue weighted by atomic mass is 16.7. The second-order valence-corrected chi connectivity index (χ2v) is 11.6. The number of unbranched alkanes of at least 4 members (excludes halogenated alkanes) is 2. The Morgan fingerprint density at radius 1 is 0.861 bits per heavy atom. The van der Waals surface area contributed by atoms with Gasteiger partial charge in [-0.25, -0.2) is 4.79 Å². The molecule has 0 N–H and O–H groups in total. The molecule has 1 unspecified atom stereocenters. The lowest BCUT2D eigenvalue weighted by Crippen LogP contribution is -2.41. The highest BCUT2D eigenvalue weighted by Gasteiger charge is 2.50. The van der Waals surface area contributed by atoms with E-state index in [0.29, 0.717) is 6.42 Å². The molecular weight excluding hydrogens is 449 g/mol. The molecule has 1 heterocycles. The first kappa shape index (κ1) is 28.1. The van der Waals surface area contributed by atoms with Crippen LogP contribution in [0.3, 0.4) is 0 Å². The predicted octanol–water partition coefficient (Wildman–Crippen LogP) is 6.89. The third-order valence-corrected chi connectivity index (χ3v) is 6.78. The van der Waals surface area contributed by atoms with Crippen LogP contribution in [0.1, 0.15) is 85.3 Å². The highest BCUT2D eigenvalue weighted by Crippen LogP contribution is 2.38. The minimum Gasteiger partial charge on any atom is -0.458 e. The molecule has 6 heteroatoms. The summed E-state index contributed by atoms with van der Waals surface area (Å²) in [6, 6.07) is 19.5. The number of hydrogen-bond acceptors (Lipinski definition) is 5. The summed E-state index contributed by atoms with van der Waals surface area (Å²) in [7, 11) is -0.183. The Balaban J connectivity index is 1.71. The van der Waals surface area contributed by atoms with Gasteiger partial charge >= 0.3 is 13.1 Å². The lowest BCUT2D eigenvalue weighted by atomic mass is 9.82. The van der Waals surface area contributed by atoms with Gasteiger partial charge in [-0.1, -0.05) is 79.9 Å². The lowest BCUT2D eigenvalue weighted by Gasteiger charge is -2.32. The van der Waals surface area contributed by atoms with Gasteiger partial charge in [0.05, 0.1) is 16.9 Å². The molecule has 0 aromatic heterocycles. The van der Waals surface area contributed by atoms with Crippen molar-refractivity contribution >= 4 is 18.8 Å². The van der Waals surface area contributed by atoms with Crippen molar-refractivity contribution in [3.63, 3.8) is 0 Å². The fourth-order valence-corrected chi connectivity index (χ4v) is 4.18. The summed E-state index contributed by atoms with van der Waals surface area (Å²) in [4.78, 5) is 18.2.